The molecule has 5 fully saturated rings. The van der Waals surface area contributed by atoms with Crippen molar-refractivity contribution < 1.29 is 49.1 Å². The van der Waals surface area contributed by atoms with Gasteiger partial charge in [-0.2, -0.15) is 0 Å². The Morgan fingerprint density at radius 1 is 0.298 bits per heavy atom. The van der Waals surface area contributed by atoms with Crippen molar-refractivity contribution in [1.29, 1.82) is 0 Å². The zero-order valence-corrected chi connectivity index (χ0v) is 73.8. The predicted molar refractivity (Wildman–Crippen MR) is 507 cm³/mol. The molecule has 0 bridgehead atoms. The number of hydrogen-bond acceptors (Lipinski definition) is 15. The first-order chi connectivity index (χ1) is 59.8. The molecule has 10 aromatic carbocycles. The molecule has 5 amide bonds. The lowest BCUT2D eigenvalue weighted by atomic mass is 9.97. The summed E-state index contributed by atoms with van der Waals surface area (Å²) in [4.78, 5) is 78.6. The molecule has 5 aliphatic heterocycles. The first-order valence-electron chi connectivity index (χ1n) is 40.6. The third-order valence-electron chi connectivity index (χ3n) is 22.1. The van der Waals surface area contributed by atoms with Gasteiger partial charge in [0.25, 0.3) is 0 Å². The summed E-state index contributed by atoms with van der Waals surface area (Å²) in [5.74, 6) is 1.35. The lowest BCUT2D eigenvalue weighted by Crippen LogP contribution is -2.48. The molecule has 0 aromatic heterocycles. The molecule has 10 aromatic rings. The van der Waals surface area contributed by atoms with Crippen LogP contribution in [0, 0.1) is 0 Å². The third-order valence-corrected chi connectivity index (χ3v) is 24.3. The van der Waals surface area contributed by atoms with Gasteiger partial charge in [0.2, 0.25) is 29.5 Å². The molecule has 4 N–H and O–H groups in total. The summed E-state index contributed by atoms with van der Waals surface area (Å²) in [5.41, 5.74) is 16.0. The van der Waals surface area contributed by atoms with Gasteiger partial charge < -0.3 is 74.2 Å². The summed E-state index contributed by atoms with van der Waals surface area (Å²) in [6.07, 6.45) is 7.76. The van der Waals surface area contributed by atoms with Crippen molar-refractivity contribution in [3.8, 4) is 84.4 Å². The minimum Gasteiger partial charge on any atom is -0.508 e. The van der Waals surface area contributed by atoms with E-state index >= 15 is 0 Å². The van der Waals surface area contributed by atoms with Gasteiger partial charge in [-0.1, -0.05) is 176 Å². The molecule has 0 radical (unpaired) electrons. The van der Waals surface area contributed by atoms with Crippen molar-refractivity contribution in [2.24, 2.45) is 0 Å². The van der Waals surface area contributed by atoms with Crippen LogP contribution in [0.15, 0.2) is 263 Å². The first kappa shape index (κ1) is 92.7. The average molecular weight is 1790 g/mol. The van der Waals surface area contributed by atoms with E-state index in [0.717, 1.165) is 163 Å². The molecule has 26 heteroatoms. The highest BCUT2D eigenvalue weighted by molar-refractivity contribution is 6.44. The number of methoxy groups -OCH3 is 1. The summed E-state index contributed by atoms with van der Waals surface area (Å²) in [6.45, 7) is 34.8. The third kappa shape index (κ3) is 24.3. The Kier molecular flexibility index (Phi) is 33.2. The lowest BCUT2D eigenvalue weighted by Gasteiger charge is -2.35. The van der Waals surface area contributed by atoms with E-state index in [2.05, 4.69) is 113 Å². The molecular weight excluding hydrogens is 1690 g/mol. The molecule has 5 saturated heterocycles. The van der Waals surface area contributed by atoms with Crippen LogP contribution in [0.1, 0.15) is 12.5 Å². The second-order valence-electron chi connectivity index (χ2n) is 29.6. The van der Waals surface area contributed by atoms with E-state index in [1.165, 1.54) is 48.1 Å². The fourth-order valence-corrected chi connectivity index (χ4v) is 16.5. The molecule has 0 unspecified atom stereocenters. The van der Waals surface area contributed by atoms with E-state index in [0.29, 0.717) is 99.6 Å². The number of amides is 5. The molecule has 5 heterocycles. The maximum atomic E-state index is 11.7. The number of piperazine rings is 5. The molecule has 0 atom stereocenters. The number of ether oxygens (including phenoxy) is 1. The van der Waals surface area contributed by atoms with Crippen LogP contribution < -0.4 is 29.2 Å². The number of aromatic hydroxyl groups is 4. The summed E-state index contributed by atoms with van der Waals surface area (Å²) in [5, 5.41) is 41.7. The molecule has 0 saturated carbocycles. The fraction of sp³-hybridized carbons (Fsp3) is 0.235. The van der Waals surface area contributed by atoms with E-state index in [1.807, 2.05) is 117 Å². The van der Waals surface area contributed by atoms with Crippen LogP contribution in [-0.4, -0.2) is 212 Å². The summed E-state index contributed by atoms with van der Waals surface area (Å²) in [7, 11) is 1.60. The zero-order chi connectivity index (χ0) is 88.7. The first-order valence-corrected chi connectivity index (χ1v) is 42.9. The largest absolute Gasteiger partial charge is 0.508 e. The highest BCUT2D eigenvalue weighted by Crippen LogP contribution is 2.41. The normalized spacial score (nSPS) is 14.5. The number of nitrogens with zero attached hydrogens (tertiary/aromatic N) is 10. The number of benzene rings is 10. The molecule has 124 heavy (non-hydrogen) atoms. The Morgan fingerprint density at radius 2 is 0.581 bits per heavy atom. The van der Waals surface area contributed by atoms with Crippen LogP contribution in [0.3, 0.4) is 0 Å². The van der Waals surface area contributed by atoms with Crippen molar-refractivity contribution in [3.05, 3.63) is 299 Å². The van der Waals surface area contributed by atoms with Gasteiger partial charge >= 0.3 is 0 Å². The van der Waals surface area contributed by atoms with E-state index in [-0.39, 0.29) is 46.8 Å². The molecule has 0 spiro atoms. The van der Waals surface area contributed by atoms with E-state index in [9.17, 15) is 44.4 Å². The number of phenols is 4. The molecule has 15 rings (SSSR count). The van der Waals surface area contributed by atoms with Gasteiger partial charge in [0.1, 0.15) is 28.7 Å². The van der Waals surface area contributed by atoms with Gasteiger partial charge in [-0.05, 0) is 203 Å². The number of carbonyl (C=O) groups is 5. The number of anilines is 5. The Bertz CT molecular complexity index is 5410. The number of rotatable bonds is 17. The minimum atomic E-state index is -0.0228. The van der Waals surface area contributed by atoms with Crippen LogP contribution in [0.2, 0.25) is 30.1 Å². The minimum absolute atomic E-state index is 0.00554. The Balaban J connectivity index is 0.000000151. The highest BCUT2D eigenvalue weighted by atomic mass is 35.5. The van der Waals surface area contributed by atoms with E-state index in [4.69, 9.17) is 74.3 Å². The molecule has 5 aliphatic rings. The van der Waals surface area contributed by atoms with E-state index in [1.54, 1.807) is 54.5 Å². The SMILES string of the molecule is C=CC(=O)N1CCN(c2ccc(-c3cc(O)cc(Cl)c3)cc2)CC1.C=CC(=O)N1CCN(c2ccc(-c3cc(O)cc(Cl)c3Cl)cc2)CC1.C=CC(=O)N1CCN(c2ccc(-c3cc(O)ccc3CC)cc2)CC1.C=CC(=O)N1CCN(c2ccc(-c3cc(O)ccc3Cl)cc2)CC1.C=CC(=O)N1CCN(c2ccc(-c3cc(OC)cc(Cl)c3Cl)cc2)CC1. The van der Waals surface area contributed by atoms with Gasteiger partial charge in [-0.3, -0.25) is 24.0 Å². The smallest absolute Gasteiger partial charge is 0.246 e. The molecule has 20 nitrogen and oxygen atoms in total. The molecule has 0 aliphatic carbocycles. The van der Waals surface area contributed by atoms with Gasteiger partial charge in [0, 0.05) is 198 Å². The second-order valence-corrected chi connectivity index (χ2v) is 32.0. The van der Waals surface area contributed by atoms with Crippen LogP contribution in [-0.2, 0) is 30.4 Å². The van der Waals surface area contributed by atoms with Gasteiger partial charge in [0.05, 0.1) is 27.2 Å². The van der Waals surface area contributed by atoms with Crippen molar-refractivity contribution in [1.82, 2.24) is 24.5 Å². The topological polar surface area (TPSA) is 208 Å². The van der Waals surface area contributed by atoms with Gasteiger partial charge in [0.15, 0.2) is 0 Å². The second kappa shape index (κ2) is 44.4. The van der Waals surface area contributed by atoms with Crippen LogP contribution in [0.4, 0.5) is 28.4 Å². The summed E-state index contributed by atoms with van der Waals surface area (Å²) in [6, 6.07) is 62.8. The Hall–Kier alpha value is -12.0. The maximum Gasteiger partial charge on any atom is 0.246 e. The lowest BCUT2D eigenvalue weighted by molar-refractivity contribution is -0.127. The fourth-order valence-electron chi connectivity index (χ4n) is 15.1. The number of hydrogen-bond donors (Lipinski definition) is 4. The quantitative estimate of drug-likeness (QED) is 0.0625. The van der Waals surface area contributed by atoms with Crippen molar-refractivity contribution in [2.45, 2.75) is 13.3 Å². The Labute approximate surface area is 755 Å². The van der Waals surface area contributed by atoms with Gasteiger partial charge in [-0.15, -0.1) is 0 Å². The monoisotopic (exact) mass is 1790 g/mol. The maximum absolute atomic E-state index is 11.7. The predicted octanol–water partition coefficient (Wildman–Crippen LogP) is 19.3. The van der Waals surface area contributed by atoms with E-state index < -0.39 is 0 Å². The van der Waals surface area contributed by atoms with Crippen LogP contribution >= 0.6 is 69.6 Å². The average Bonchev–Trinajstić information content (AvgIpc) is 0.833. The number of aryl methyl sites for hydroxylation is 1. The van der Waals surface area contributed by atoms with Crippen molar-refractivity contribution in [3.63, 3.8) is 0 Å². The van der Waals surface area contributed by atoms with Gasteiger partial charge in [-0.25, -0.2) is 0 Å². The summed E-state index contributed by atoms with van der Waals surface area (Å²) < 4.78 is 5.28. The molecule has 644 valence electrons. The summed E-state index contributed by atoms with van der Waals surface area (Å²) >= 11 is 37.0. The van der Waals surface area contributed by atoms with Crippen LogP contribution in [0.25, 0.3) is 55.6 Å². The van der Waals surface area contributed by atoms with Crippen LogP contribution in [0.5, 0.6) is 28.7 Å². The number of carbonyl (C=O) groups excluding carboxylic acids is 5. The Morgan fingerprint density at radius 3 is 0.903 bits per heavy atom. The van der Waals surface area contributed by atoms with Crippen molar-refractivity contribution >= 4 is 128 Å². The van der Waals surface area contributed by atoms with Crippen molar-refractivity contribution in [2.75, 3.05) is 163 Å². The number of phenolic OH excluding ortho intramolecular Hbond substituents is 4. The zero-order valence-electron chi connectivity index (χ0n) is 69.3. The standard InChI is InChI=1S/C21H24N2O2.C20H20Cl2N2O2.C19H18Cl2N2O2.2C19H19ClN2O2/c1-3-16-7-10-19(24)15-20(16)17-5-8-18(9-6-17)22-11-13-23(14-12-22)21(25)4-2;1-3-19(25)24-10-8-23(9-11-24)15-6-4-14(5-7-15)17-12-16(26-2)13-18(21)20(17)22;1-2-18(25)23-9-7-22(8-10-23)14-5-3-13(4-6-14)16-11-15(24)12-17(20)19(16)21;1-2-19(24)22-9-7-21(8-10-22)17-5-3-14(4-6-17)15-11-16(20)13-18(23)12-15;1-2-19(24)22-11-9-21(10-12-22)15-5-3-14(4-6-15)17-13-16(23)7-8-18(17)20/h4-10,15,24H,2-3,11-14H2,1H3;3-7,12-13H,1,8-11H2,2H3;2-6,11-12,24H,1,7-10H2;2-6,11-13,23H,1,7-10H2;2-8,13,23H,1,9-12H2. The molecular formula is C98H100Cl6N10O10. The number of halogens is 6. The highest BCUT2D eigenvalue weighted by Gasteiger charge is 2.26.